The number of aliphatic hydroxyl groups is 1. The average Bonchev–Trinajstić information content (AvgIpc) is 2.97. The van der Waals surface area contributed by atoms with Gasteiger partial charge < -0.3 is 15.0 Å². The van der Waals surface area contributed by atoms with Crippen molar-refractivity contribution in [2.45, 2.75) is 45.3 Å². The third kappa shape index (κ3) is 3.70. The number of pyridine rings is 1. The summed E-state index contributed by atoms with van der Waals surface area (Å²) >= 11 is 0. The SMILES string of the molecule is CCCNC(=O)[C@@H]1[C@@H](CO)[C@@H]2Cn3c(ccc(-c4cccc(F)c4)c3=O)[C@H]1N2CCC. The molecule has 4 atom stereocenters. The lowest BCUT2D eigenvalue weighted by Gasteiger charge is -2.38. The van der Waals surface area contributed by atoms with Crippen LogP contribution in [0.25, 0.3) is 11.1 Å². The molecule has 0 unspecified atom stereocenters. The number of nitrogens with zero attached hydrogens (tertiary/aromatic N) is 2. The predicted molar refractivity (Wildman–Crippen MR) is 117 cm³/mol. The summed E-state index contributed by atoms with van der Waals surface area (Å²) in [5.74, 6) is -1.11. The Bertz CT molecular complexity index is 1020. The first-order valence-corrected chi connectivity index (χ1v) is 11.2. The lowest BCUT2D eigenvalue weighted by molar-refractivity contribution is -0.127. The topological polar surface area (TPSA) is 74.6 Å². The standard InChI is InChI=1S/C24H30FN3O3/c1-3-10-26-23(30)21-18(14-29)20-13-28-19(22(21)27(20)11-4-2)9-8-17(24(28)31)15-6-5-7-16(25)12-15/h5-9,12,18,20-22,29H,3-4,10-11,13-14H2,1-2H3,(H,26,30)/t18-,20-,21+,22+/m0/s1. The Hall–Kier alpha value is -2.51. The Balaban J connectivity index is 1.81. The number of rotatable bonds is 7. The van der Waals surface area contributed by atoms with Gasteiger partial charge in [0.2, 0.25) is 5.91 Å². The molecule has 1 aromatic heterocycles. The van der Waals surface area contributed by atoms with Gasteiger partial charge in [0.05, 0.1) is 12.0 Å². The maximum Gasteiger partial charge on any atom is 0.258 e. The second-order valence-electron chi connectivity index (χ2n) is 8.51. The van der Waals surface area contributed by atoms with Crippen LogP contribution in [0.2, 0.25) is 0 Å². The van der Waals surface area contributed by atoms with Crippen LogP contribution in [-0.4, -0.2) is 46.2 Å². The monoisotopic (exact) mass is 427 g/mol. The van der Waals surface area contributed by atoms with E-state index in [9.17, 15) is 19.1 Å². The molecule has 0 aliphatic carbocycles. The predicted octanol–water partition coefficient (Wildman–Crippen LogP) is 2.55. The van der Waals surface area contributed by atoms with Crippen LogP contribution in [-0.2, 0) is 11.3 Å². The quantitative estimate of drug-likeness (QED) is 0.712. The molecule has 3 heterocycles. The highest BCUT2D eigenvalue weighted by atomic mass is 19.1. The van der Waals surface area contributed by atoms with Crippen LogP contribution < -0.4 is 10.9 Å². The van der Waals surface area contributed by atoms with Gasteiger partial charge >= 0.3 is 0 Å². The van der Waals surface area contributed by atoms with Gasteiger partial charge in [0.15, 0.2) is 0 Å². The number of halogens is 1. The van der Waals surface area contributed by atoms with Crippen molar-refractivity contribution < 1.29 is 14.3 Å². The molecule has 166 valence electrons. The molecule has 0 radical (unpaired) electrons. The zero-order valence-corrected chi connectivity index (χ0v) is 18.1. The molecular weight excluding hydrogens is 397 g/mol. The Labute approximate surface area is 181 Å². The van der Waals surface area contributed by atoms with Gasteiger partial charge in [0, 0.05) is 42.9 Å². The number of hydrogen-bond acceptors (Lipinski definition) is 4. The van der Waals surface area contributed by atoms with Gasteiger partial charge in [-0.05, 0) is 49.2 Å². The second kappa shape index (κ2) is 8.93. The zero-order valence-electron chi connectivity index (χ0n) is 18.1. The van der Waals surface area contributed by atoms with Crippen molar-refractivity contribution in [2.24, 2.45) is 11.8 Å². The van der Waals surface area contributed by atoms with Gasteiger partial charge in [-0.25, -0.2) is 4.39 Å². The van der Waals surface area contributed by atoms with E-state index in [1.807, 2.05) is 13.0 Å². The maximum atomic E-state index is 13.7. The molecule has 2 aromatic rings. The largest absolute Gasteiger partial charge is 0.396 e. The highest BCUT2D eigenvalue weighted by Gasteiger charge is 2.55. The number of fused-ring (bicyclic) bond motifs is 4. The molecule has 0 saturated carbocycles. The van der Waals surface area contributed by atoms with E-state index in [2.05, 4.69) is 17.1 Å². The van der Waals surface area contributed by atoms with Crippen LogP contribution in [0, 0.1) is 17.7 Å². The van der Waals surface area contributed by atoms with E-state index in [0.29, 0.717) is 24.2 Å². The van der Waals surface area contributed by atoms with Crippen molar-refractivity contribution in [2.75, 3.05) is 19.7 Å². The van der Waals surface area contributed by atoms with Crippen LogP contribution >= 0.6 is 0 Å². The number of hydrogen-bond donors (Lipinski definition) is 2. The van der Waals surface area contributed by atoms with E-state index in [1.165, 1.54) is 12.1 Å². The molecule has 1 aromatic carbocycles. The van der Waals surface area contributed by atoms with Crippen LogP contribution in [0.1, 0.15) is 38.4 Å². The molecule has 0 spiro atoms. The minimum absolute atomic E-state index is 0.0652. The first kappa shape index (κ1) is 21.7. The van der Waals surface area contributed by atoms with E-state index in [-0.39, 0.29) is 41.9 Å². The number of benzene rings is 1. The van der Waals surface area contributed by atoms with Crippen molar-refractivity contribution in [3.8, 4) is 11.1 Å². The summed E-state index contributed by atoms with van der Waals surface area (Å²) < 4.78 is 15.5. The van der Waals surface area contributed by atoms with Crippen molar-refractivity contribution in [1.82, 2.24) is 14.8 Å². The number of carbonyl (C=O) groups is 1. The zero-order chi connectivity index (χ0) is 22.1. The highest BCUT2D eigenvalue weighted by Crippen LogP contribution is 2.48. The number of carbonyl (C=O) groups excluding carboxylic acids is 1. The number of nitrogens with one attached hydrogen (secondary N) is 1. The van der Waals surface area contributed by atoms with Gasteiger partial charge in [-0.3, -0.25) is 14.5 Å². The summed E-state index contributed by atoms with van der Waals surface area (Å²) in [5, 5.41) is 13.2. The summed E-state index contributed by atoms with van der Waals surface area (Å²) in [6.07, 6.45) is 1.75. The summed E-state index contributed by atoms with van der Waals surface area (Å²) in [6, 6.07) is 9.31. The fraction of sp³-hybridized carbons (Fsp3) is 0.500. The lowest BCUT2D eigenvalue weighted by Crippen LogP contribution is -2.47. The fourth-order valence-electron chi connectivity index (χ4n) is 5.33. The van der Waals surface area contributed by atoms with E-state index in [4.69, 9.17) is 0 Å². The molecular formula is C24H30FN3O3. The molecule has 1 fully saturated rings. The van der Waals surface area contributed by atoms with Crippen molar-refractivity contribution in [3.63, 3.8) is 0 Å². The van der Waals surface area contributed by atoms with Crippen molar-refractivity contribution in [1.29, 1.82) is 0 Å². The molecule has 2 aliphatic rings. The smallest absolute Gasteiger partial charge is 0.258 e. The van der Waals surface area contributed by atoms with Crippen molar-refractivity contribution in [3.05, 3.63) is 58.3 Å². The Morgan fingerprint density at radius 2 is 2.03 bits per heavy atom. The minimum atomic E-state index is -0.415. The summed E-state index contributed by atoms with van der Waals surface area (Å²) in [7, 11) is 0. The normalized spacial score (nSPS) is 24.8. The van der Waals surface area contributed by atoms with Crippen LogP contribution in [0.15, 0.2) is 41.2 Å². The third-order valence-corrected chi connectivity index (χ3v) is 6.64. The van der Waals surface area contributed by atoms with E-state index in [1.54, 1.807) is 22.8 Å². The van der Waals surface area contributed by atoms with Crippen LogP contribution in [0.5, 0.6) is 0 Å². The summed E-state index contributed by atoms with van der Waals surface area (Å²) in [4.78, 5) is 28.8. The van der Waals surface area contributed by atoms with Gasteiger partial charge in [-0.1, -0.05) is 26.0 Å². The third-order valence-electron chi connectivity index (χ3n) is 6.64. The first-order chi connectivity index (χ1) is 15.0. The molecule has 1 saturated heterocycles. The number of aliphatic hydroxyl groups excluding tert-OH is 1. The number of amides is 1. The highest BCUT2D eigenvalue weighted by molar-refractivity contribution is 5.80. The Kier molecular flexibility index (Phi) is 6.25. The molecule has 2 aliphatic heterocycles. The van der Waals surface area contributed by atoms with Crippen molar-refractivity contribution >= 4 is 5.91 Å². The van der Waals surface area contributed by atoms with E-state index < -0.39 is 5.92 Å². The molecule has 4 rings (SSSR count). The summed E-state index contributed by atoms with van der Waals surface area (Å²) in [6.45, 7) is 5.78. The van der Waals surface area contributed by atoms with Crippen LogP contribution in [0.3, 0.4) is 0 Å². The van der Waals surface area contributed by atoms with E-state index >= 15 is 0 Å². The van der Waals surface area contributed by atoms with Gasteiger partial charge in [-0.2, -0.15) is 0 Å². The Morgan fingerprint density at radius 3 is 2.71 bits per heavy atom. The van der Waals surface area contributed by atoms with Gasteiger partial charge in [0.25, 0.3) is 5.56 Å². The number of aromatic nitrogens is 1. The molecule has 2 bridgehead atoms. The molecule has 1 amide bonds. The van der Waals surface area contributed by atoms with Gasteiger partial charge in [-0.15, -0.1) is 0 Å². The summed E-state index contributed by atoms with van der Waals surface area (Å²) in [5.41, 5.74) is 1.60. The fourth-order valence-corrected chi connectivity index (χ4v) is 5.33. The lowest BCUT2D eigenvalue weighted by atomic mass is 9.86. The minimum Gasteiger partial charge on any atom is -0.396 e. The second-order valence-corrected chi connectivity index (χ2v) is 8.51. The molecule has 31 heavy (non-hydrogen) atoms. The van der Waals surface area contributed by atoms with Gasteiger partial charge in [0.1, 0.15) is 5.82 Å². The molecule has 6 nitrogen and oxygen atoms in total. The molecule has 7 heteroatoms. The molecule has 2 N–H and O–H groups in total. The average molecular weight is 428 g/mol. The van der Waals surface area contributed by atoms with Crippen LogP contribution in [0.4, 0.5) is 4.39 Å². The maximum absolute atomic E-state index is 13.7. The van der Waals surface area contributed by atoms with E-state index in [0.717, 1.165) is 25.1 Å². The first-order valence-electron chi connectivity index (χ1n) is 11.2. The Morgan fingerprint density at radius 1 is 1.23 bits per heavy atom.